The molecule has 1 aromatic carbocycles. The van der Waals surface area contributed by atoms with E-state index in [4.69, 9.17) is 9.47 Å². The fraction of sp³-hybridized carbons (Fsp3) is 0.455. The molecule has 0 unspecified atom stereocenters. The first-order chi connectivity index (χ1) is 6.65. The molecular formula is C11H16O3. The van der Waals surface area contributed by atoms with Crippen molar-refractivity contribution in [3.05, 3.63) is 29.3 Å². The van der Waals surface area contributed by atoms with E-state index in [0.717, 1.165) is 11.1 Å². The Hall–Kier alpha value is -1.06. The lowest BCUT2D eigenvalue weighted by molar-refractivity contribution is 0.0484. The van der Waals surface area contributed by atoms with Crippen LogP contribution in [-0.4, -0.2) is 19.0 Å². The molecule has 14 heavy (non-hydrogen) atoms. The zero-order valence-electron chi connectivity index (χ0n) is 8.78. The molecule has 0 bridgehead atoms. The lowest BCUT2D eigenvalue weighted by Crippen LogP contribution is -2.03. The van der Waals surface area contributed by atoms with Crippen LogP contribution in [0.25, 0.3) is 0 Å². The second-order valence-corrected chi connectivity index (χ2v) is 3.27. The van der Waals surface area contributed by atoms with Gasteiger partial charge in [-0.05, 0) is 26.0 Å². The highest BCUT2D eigenvalue weighted by Gasteiger charge is 2.08. The van der Waals surface area contributed by atoms with Crippen molar-refractivity contribution < 1.29 is 14.6 Å². The summed E-state index contributed by atoms with van der Waals surface area (Å²) in [6, 6.07) is 5.70. The standard InChI is InChI=1S/C11H16O3/c1-8-4-5-11(14-7-13-3)10(6-8)9(2)12/h4-6,9,12H,7H2,1-3H3/t9-/m1/s1. The molecule has 1 N–H and O–H groups in total. The predicted octanol–water partition coefficient (Wildman–Crippen LogP) is 2.03. The summed E-state index contributed by atoms with van der Waals surface area (Å²) in [6.07, 6.45) is -0.526. The van der Waals surface area contributed by atoms with Gasteiger partial charge in [-0.3, -0.25) is 0 Å². The minimum atomic E-state index is -0.526. The second kappa shape index (κ2) is 4.98. The van der Waals surface area contributed by atoms with Crippen molar-refractivity contribution in [2.75, 3.05) is 13.9 Å². The summed E-state index contributed by atoms with van der Waals surface area (Å²) in [5.74, 6) is 0.674. The van der Waals surface area contributed by atoms with Gasteiger partial charge < -0.3 is 14.6 Å². The first-order valence-corrected chi connectivity index (χ1v) is 4.55. The maximum atomic E-state index is 9.51. The van der Waals surface area contributed by atoms with Crippen molar-refractivity contribution in [2.45, 2.75) is 20.0 Å². The first kappa shape index (κ1) is 11.0. The van der Waals surface area contributed by atoms with Gasteiger partial charge >= 0.3 is 0 Å². The van der Waals surface area contributed by atoms with Crippen LogP contribution in [0.15, 0.2) is 18.2 Å². The number of aliphatic hydroxyl groups is 1. The number of rotatable bonds is 4. The van der Waals surface area contributed by atoms with Crippen LogP contribution < -0.4 is 4.74 Å². The van der Waals surface area contributed by atoms with E-state index in [1.165, 1.54) is 0 Å². The van der Waals surface area contributed by atoms with E-state index in [-0.39, 0.29) is 6.79 Å². The maximum Gasteiger partial charge on any atom is 0.188 e. The fourth-order valence-electron chi connectivity index (χ4n) is 1.25. The zero-order valence-corrected chi connectivity index (χ0v) is 8.78. The van der Waals surface area contributed by atoms with Gasteiger partial charge in [0, 0.05) is 12.7 Å². The third kappa shape index (κ3) is 2.72. The van der Waals surface area contributed by atoms with Gasteiger partial charge in [-0.2, -0.15) is 0 Å². The lowest BCUT2D eigenvalue weighted by atomic mass is 10.1. The molecule has 0 spiro atoms. The maximum absolute atomic E-state index is 9.51. The lowest BCUT2D eigenvalue weighted by Gasteiger charge is -2.13. The number of hydrogen-bond acceptors (Lipinski definition) is 3. The molecule has 3 heteroatoms. The summed E-state index contributed by atoms with van der Waals surface area (Å²) in [6.45, 7) is 3.89. The molecule has 1 aromatic rings. The molecule has 0 aromatic heterocycles. The summed E-state index contributed by atoms with van der Waals surface area (Å²) >= 11 is 0. The Labute approximate surface area is 84.3 Å². The van der Waals surface area contributed by atoms with Gasteiger partial charge in [-0.15, -0.1) is 0 Å². The summed E-state index contributed by atoms with van der Waals surface area (Å²) in [5, 5.41) is 9.51. The monoisotopic (exact) mass is 196 g/mol. The number of methoxy groups -OCH3 is 1. The van der Waals surface area contributed by atoms with E-state index >= 15 is 0 Å². The molecule has 78 valence electrons. The molecule has 1 rings (SSSR count). The average Bonchev–Trinajstić information content (AvgIpc) is 2.15. The molecule has 0 fully saturated rings. The average molecular weight is 196 g/mol. The van der Waals surface area contributed by atoms with Crippen LogP contribution in [0.3, 0.4) is 0 Å². The van der Waals surface area contributed by atoms with Crippen LogP contribution >= 0.6 is 0 Å². The van der Waals surface area contributed by atoms with E-state index in [2.05, 4.69) is 0 Å². The number of aryl methyl sites for hydroxylation is 1. The Kier molecular flexibility index (Phi) is 3.92. The van der Waals surface area contributed by atoms with Crippen LogP contribution in [0.4, 0.5) is 0 Å². The van der Waals surface area contributed by atoms with Gasteiger partial charge in [0.2, 0.25) is 0 Å². The zero-order chi connectivity index (χ0) is 10.6. The molecule has 1 atom stereocenters. The predicted molar refractivity (Wildman–Crippen MR) is 54.3 cm³/mol. The van der Waals surface area contributed by atoms with Crippen molar-refractivity contribution >= 4 is 0 Å². The minimum Gasteiger partial charge on any atom is -0.467 e. The van der Waals surface area contributed by atoms with Gasteiger partial charge in [0.1, 0.15) is 5.75 Å². The van der Waals surface area contributed by atoms with Gasteiger partial charge in [0.05, 0.1) is 6.10 Å². The molecule has 0 aliphatic rings. The highest BCUT2D eigenvalue weighted by Crippen LogP contribution is 2.26. The summed E-state index contributed by atoms with van der Waals surface area (Å²) in [7, 11) is 1.57. The Bertz CT molecular complexity index is 295. The van der Waals surface area contributed by atoms with Crippen LogP contribution in [0, 0.1) is 6.92 Å². The van der Waals surface area contributed by atoms with Crippen molar-refractivity contribution in [1.82, 2.24) is 0 Å². The summed E-state index contributed by atoms with van der Waals surface area (Å²) < 4.78 is 10.1. The van der Waals surface area contributed by atoms with E-state index < -0.39 is 6.10 Å². The SMILES string of the molecule is COCOc1ccc(C)cc1[C@@H](C)O. The van der Waals surface area contributed by atoms with Crippen molar-refractivity contribution in [1.29, 1.82) is 0 Å². The third-order valence-corrected chi connectivity index (χ3v) is 1.95. The second-order valence-electron chi connectivity index (χ2n) is 3.27. The van der Waals surface area contributed by atoms with Gasteiger partial charge in [-0.25, -0.2) is 0 Å². The van der Waals surface area contributed by atoms with Gasteiger partial charge in [0.25, 0.3) is 0 Å². The van der Waals surface area contributed by atoms with E-state index in [9.17, 15) is 5.11 Å². The minimum absolute atomic E-state index is 0.197. The number of aliphatic hydroxyl groups excluding tert-OH is 1. The van der Waals surface area contributed by atoms with Crippen LogP contribution in [0.1, 0.15) is 24.2 Å². The summed E-state index contributed by atoms with van der Waals surface area (Å²) in [4.78, 5) is 0. The molecule has 0 radical (unpaired) electrons. The summed E-state index contributed by atoms with van der Waals surface area (Å²) in [5.41, 5.74) is 1.90. The third-order valence-electron chi connectivity index (χ3n) is 1.95. The van der Waals surface area contributed by atoms with Crippen LogP contribution in [0.5, 0.6) is 5.75 Å². The quantitative estimate of drug-likeness (QED) is 0.749. The molecule has 0 aliphatic carbocycles. The topological polar surface area (TPSA) is 38.7 Å². The smallest absolute Gasteiger partial charge is 0.188 e. The fourth-order valence-corrected chi connectivity index (χ4v) is 1.25. The molecule has 0 heterocycles. The number of hydrogen-bond donors (Lipinski definition) is 1. The first-order valence-electron chi connectivity index (χ1n) is 4.55. The van der Waals surface area contributed by atoms with Crippen molar-refractivity contribution in [3.63, 3.8) is 0 Å². The molecule has 0 aliphatic heterocycles. The van der Waals surface area contributed by atoms with E-state index in [1.807, 2.05) is 25.1 Å². The highest BCUT2D eigenvalue weighted by atomic mass is 16.7. The molecule has 3 nitrogen and oxygen atoms in total. The Balaban J connectivity index is 2.90. The van der Waals surface area contributed by atoms with E-state index in [0.29, 0.717) is 5.75 Å². The molecule has 0 amide bonds. The number of ether oxygens (including phenoxy) is 2. The largest absolute Gasteiger partial charge is 0.467 e. The van der Waals surface area contributed by atoms with Crippen LogP contribution in [0.2, 0.25) is 0 Å². The molecule has 0 saturated carbocycles. The van der Waals surface area contributed by atoms with E-state index in [1.54, 1.807) is 14.0 Å². The van der Waals surface area contributed by atoms with Crippen LogP contribution in [-0.2, 0) is 4.74 Å². The Morgan fingerprint density at radius 3 is 2.71 bits per heavy atom. The highest BCUT2D eigenvalue weighted by molar-refractivity contribution is 5.38. The normalized spacial score (nSPS) is 12.6. The van der Waals surface area contributed by atoms with Crippen molar-refractivity contribution in [3.8, 4) is 5.75 Å². The van der Waals surface area contributed by atoms with Gasteiger partial charge in [-0.1, -0.05) is 11.6 Å². The Morgan fingerprint density at radius 1 is 1.43 bits per heavy atom. The van der Waals surface area contributed by atoms with Crippen molar-refractivity contribution in [2.24, 2.45) is 0 Å². The van der Waals surface area contributed by atoms with Gasteiger partial charge in [0.15, 0.2) is 6.79 Å². The molecular weight excluding hydrogens is 180 g/mol. The Morgan fingerprint density at radius 2 is 2.14 bits per heavy atom. The number of benzene rings is 1. The molecule has 0 saturated heterocycles.